The van der Waals surface area contributed by atoms with Gasteiger partial charge in [-0.25, -0.2) is 14.8 Å². The van der Waals surface area contributed by atoms with Crippen molar-refractivity contribution in [2.75, 3.05) is 5.32 Å². The first kappa shape index (κ1) is 13.2. The zero-order valence-corrected chi connectivity index (χ0v) is 10.9. The van der Waals surface area contributed by atoms with Crippen LogP contribution in [0, 0.1) is 0 Å². The van der Waals surface area contributed by atoms with Crippen LogP contribution in [0.2, 0.25) is 0 Å². The van der Waals surface area contributed by atoms with E-state index in [2.05, 4.69) is 15.3 Å². The number of aromatic nitrogens is 2. The van der Waals surface area contributed by atoms with E-state index in [1.807, 2.05) is 18.4 Å². The number of hydrogen-bond donors (Lipinski definition) is 2. The zero-order valence-electron chi connectivity index (χ0n) is 10.1. The Hall–Kier alpha value is -2.28. The molecule has 0 saturated carbocycles. The van der Waals surface area contributed by atoms with Gasteiger partial charge in [-0.05, 0) is 23.4 Å². The fourth-order valence-corrected chi connectivity index (χ4v) is 2.45. The van der Waals surface area contributed by atoms with E-state index in [1.54, 1.807) is 0 Å². The summed E-state index contributed by atoms with van der Waals surface area (Å²) in [5.74, 6) is -1.64. The maximum Gasteiger partial charge on any atom is 0.358 e. The monoisotopic (exact) mass is 277 g/mol. The third kappa shape index (κ3) is 2.76. The summed E-state index contributed by atoms with van der Waals surface area (Å²) in [7, 11) is 0. The number of nitrogens with zero attached hydrogens (tertiary/aromatic N) is 2. The van der Waals surface area contributed by atoms with Gasteiger partial charge in [-0.15, -0.1) is 11.3 Å². The van der Waals surface area contributed by atoms with Gasteiger partial charge >= 0.3 is 5.97 Å². The topological polar surface area (TPSA) is 92.2 Å². The maximum absolute atomic E-state index is 12.1. The Kier molecular flexibility index (Phi) is 3.86. The summed E-state index contributed by atoms with van der Waals surface area (Å²) in [6.07, 6.45) is 3.33. The minimum atomic E-state index is -1.23. The minimum Gasteiger partial charge on any atom is -0.476 e. The number of thiophene rings is 1. The standard InChI is InChI=1S/C12H11N3O3S/c1-2-7-3-6-19-9(7)11(16)15-10-8(12(17)18)13-4-5-14-10/h3-6H,2H2,1H3,(H,17,18)(H,14,15,16). The van der Waals surface area contributed by atoms with Crippen LogP contribution in [-0.2, 0) is 6.42 Å². The van der Waals surface area contributed by atoms with Crippen molar-refractivity contribution in [1.29, 1.82) is 0 Å². The van der Waals surface area contributed by atoms with E-state index in [-0.39, 0.29) is 17.4 Å². The second kappa shape index (κ2) is 5.57. The van der Waals surface area contributed by atoms with Crippen molar-refractivity contribution in [3.63, 3.8) is 0 Å². The van der Waals surface area contributed by atoms with Crippen LogP contribution in [0.4, 0.5) is 5.82 Å². The summed E-state index contributed by atoms with van der Waals surface area (Å²) in [5.41, 5.74) is 0.647. The van der Waals surface area contributed by atoms with Crippen molar-refractivity contribution in [3.8, 4) is 0 Å². The summed E-state index contributed by atoms with van der Waals surface area (Å²) in [5, 5.41) is 13.3. The number of rotatable bonds is 4. The van der Waals surface area contributed by atoms with E-state index < -0.39 is 5.97 Å². The Labute approximate surface area is 113 Å². The second-order valence-electron chi connectivity index (χ2n) is 3.64. The van der Waals surface area contributed by atoms with E-state index >= 15 is 0 Å². The molecule has 0 aliphatic carbocycles. The molecule has 6 nitrogen and oxygen atoms in total. The molecule has 19 heavy (non-hydrogen) atoms. The third-order valence-electron chi connectivity index (χ3n) is 2.47. The SMILES string of the molecule is CCc1ccsc1C(=O)Nc1nccnc1C(=O)O. The lowest BCUT2D eigenvalue weighted by Gasteiger charge is -2.06. The molecule has 98 valence electrons. The fourth-order valence-electron chi connectivity index (χ4n) is 1.56. The van der Waals surface area contributed by atoms with Gasteiger partial charge in [0, 0.05) is 12.4 Å². The molecule has 0 bridgehead atoms. The number of anilines is 1. The van der Waals surface area contributed by atoms with Crippen LogP contribution in [0.3, 0.4) is 0 Å². The molecule has 2 aromatic rings. The molecule has 1 amide bonds. The summed E-state index contributed by atoms with van der Waals surface area (Å²) in [4.78, 5) is 31.1. The Morgan fingerprint density at radius 3 is 2.79 bits per heavy atom. The quantitative estimate of drug-likeness (QED) is 0.892. The van der Waals surface area contributed by atoms with E-state index in [4.69, 9.17) is 5.11 Å². The highest BCUT2D eigenvalue weighted by molar-refractivity contribution is 7.12. The highest BCUT2D eigenvalue weighted by Gasteiger charge is 2.18. The average Bonchev–Trinajstić information content (AvgIpc) is 2.87. The molecule has 0 aliphatic rings. The normalized spacial score (nSPS) is 10.2. The average molecular weight is 277 g/mol. The van der Waals surface area contributed by atoms with Crippen LogP contribution in [-0.4, -0.2) is 27.0 Å². The van der Waals surface area contributed by atoms with E-state index in [0.717, 1.165) is 12.0 Å². The first-order valence-electron chi connectivity index (χ1n) is 5.55. The molecule has 0 fully saturated rings. The Morgan fingerprint density at radius 1 is 1.37 bits per heavy atom. The molecular formula is C12H11N3O3S. The van der Waals surface area contributed by atoms with Crippen LogP contribution < -0.4 is 5.32 Å². The fraction of sp³-hybridized carbons (Fsp3) is 0.167. The van der Waals surface area contributed by atoms with Gasteiger partial charge < -0.3 is 10.4 Å². The highest BCUT2D eigenvalue weighted by atomic mass is 32.1. The lowest BCUT2D eigenvalue weighted by atomic mass is 10.2. The van der Waals surface area contributed by atoms with Gasteiger partial charge in [-0.1, -0.05) is 6.92 Å². The van der Waals surface area contributed by atoms with Gasteiger partial charge in [-0.3, -0.25) is 4.79 Å². The first-order valence-corrected chi connectivity index (χ1v) is 6.43. The van der Waals surface area contributed by atoms with Crippen molar-refractivity contribution < 1.29 is 14.7 Å². The zero-order chi connectivity index (χ0) is 13.8. The van der Waals surface area contributed by atoms with Crippen LogP contribution in [0.5, 0.6) is 0 Å². The Balaban J connectivity index is 2.27. The van der Waals surface area contributed by atoms with Gasteiger partial charge in [-0.2, -0.15) is 0 Å². The molecule has 7 heteroatoms. The lowest BCUT2D eigenvalue weighted by Crippen LogP contribution is -2.17. The van der Waals surface area contributed by atoms with Crippen molar-refractivity contribution in [3.05, 3.63) is 40.0 Å². The predicted molar refractivity (Wildman–Crippen MR) is 70.6 cm³/mol. The number of carboxylic acid groups (broad SMARTS) is 1. The van der Waals surface area contributed by atoms with Crippen LogP contribution in [0.1, 0.15) is 32.6 Å². The Morgan fingerprint density at radius 2 is 2.11 bits per heavy atom. The number of carbonyl (C=O) groups is 2. The van der Waals surface area contributed by atoms with Gasteiger partial charge in [0.25, 0.3) is 5.91 Å². The molecule has 0 saturated heterocycles. The minimum absolute atomic E-state index is 0.0459. The smallest absolute Gasteiger partial charge is 0.358 e. The van der Waals surface area contributed by atoms with Gasteiger partial charge in [0.05, 0.1) is 4.88 Å². The number of carboxylic acids is 1. The molecule has 0 radical (unpaired) electrons. The largest absolute Gasteiger partial charge is 0.476 e. The van der Waals surface area contributed by atoms with Gasteiger partial charge in [0.15, 0.2) is 11.5 Å². The third-order valence-corrected chi connectivity index (χ3v) is 3.42. The summed E-state index contributed by atoms with van der Waals surface area (Å²) in [6, 6.07) is 1.87. The lowest BCUT2D eigenvalue weighted by molar-refractivity contribution is 0.0691. The number of aryl methyl sites for hydroxylation is 1. The van der Waals surface area contributed by atoms with Gasteiger partial charge in [0.2, 0.25) is 0 Å². The van der Waals surface area contributed by atoms with E-state index in [9.17, 15) is 9.59 Å². The van der Waals surface area contributed by atoms with Crippen LogP contribution in [0.15, 0.2) is 23.8 Å². The molecule has 0 spiro atoms. The summed E-state index contributed by atoms with van der Waals surface area (Å²) >= 11 is 1.31. The van der Waals surface area contributed by atoms with Crippen LogP contribution in [0.25, 0.3) is 0 Å². The number of carbonyl (C=O) groups excluding carboxylic acids is 1. The molecule has 2 aromatic heterocycles. The van der Waals surface area contributed by atoms with Crippen molar-refractivity contribution >= 4 is 29.0 Å². The number of hydrogen-bond acceptors (Lipinski definition) is 5. The molecule has 2 rings (SSSR count). The summed E-state index contributed by atoms with van der Waals surface area (Å²) in [6.45, 7) is 1.95. The molecule has 2 N–H and O–H groups in total. The number of nitrogens with one attached hydrogen (secondary N) is 1. The molecule has 2 heterocycles. The molecular weight excluding hydrogens is 266 g/mol. The number of aromatic carboxylic acids is 1. The van der Waals surface area contributed by atoms with E-state index in [1.165, 1.54) is 23.7 Å². The van der Waals surface area contributed by atoms with Crippen molar-refractivity contribution in [2.24, 2.45) is 0 Å². The highest BCUT2D eigenvalue weighted by Crippen LogP contribution is 2.19. The van der Waals surface area contributed by atoms with Crippen molar-refractivity contribution in [1.82, 2.24) is 9.97 Å². The maximum atomic E-state index is 12.1. The summed E-state index contributed by atoms with van der Waals surface area (Å²) < 4.78 is 0. The molecule has 0 aliphatic heterocycles. The van der Waals surface area contributed by atoms with E-state index in [0.29, 0.717) is 4.88 Å². The predicted octanol–water partition coefficient (Wildman–Crippen LogP) is 2.05. The number of amides is 1. The van der Waals surface area contributed by atoms with Crippen molar-refractivity contribution in [2.45, 2.75) is 13.3 Å². The molecule has 0 atom stereocenters. The molecule has 0 aromatic carbocycles. The molecule has 0 unspecified atom stereocenters. The Bertz CT molecular complexity index is 624. The first-order chi connectivity index (χ1) is 9.13. The van der Waals surface area contributed by atoms with Gasteiger partial charge in [0.1, 0.15) is 0 Å². The second-order valence-corrected chi connectivity index (χ2v) is 4.56. The van der Waals surface area contributed by atoms with Crippen LogP contribution >= 0.6 is 11.3 Å².